The van der Waals surface area contributed by atoms with Crippen molar-refractivity contribution in [2.24, 2.45) is 7.05 Å². The number of piperazine rings is 1. The van der Waals surface area contributed by atoms with E-state index in [-0.39, 0.29) is 11.9 Å². The number of rotatable bonds is 4. The van der Waals surface area contributed by atoms with Crippen LogP contribution in [0.2, 0.25) is 0 Å². The Labute approximate surface area is 149 Å². The van der Waals surface area contributed by atoms with Gasteiger partial charge in [-0.25, -0.2) is 0 Å². The number of aryl methyl sites for hydroxylation is 1. The summed E-state index contributed by atoms with van der Waals surface area (Å²) in [5.41, 5.74) is 2.71. The number of carbonyl (C=O) groups excluding carboxylic acids is 1. The van der Waals surface area contributed by atoms with E-state index in [1.165, 1.54) is 0 Å². The van der Waals surface area contributed by atoms with Crippen molar-refractivity contribution in [2.75, 3.05) is 19.6 Å². The molecule has 6 nitrogen and oxygen atoms in total. The zero-order valence-corrected chi connectivity index (χ0v) is 15.5. The lowest BCUT2D eigenvalue weighted by molar-refractivity contribution is 0.0463. The first-order chi connectivity index (χ1) is 12.0. The highest BCUT2D eigenvalue weighted by Crippen LogP contribution is 2.19. The topological polar surface area (TPSA) is 54.3 Å². The number of amides is 1. The van der Waals surface area contributed by atoms with Crippen LogP contribution in [0.15, 0.2) is 30.5 Å². The SMILES string of the molecule is CC(C)c1cc(C(=O)N2CCN(Cc3ccccn3)CC2C)n(C)n1. The van der Waals surface area contributed by atoms with Crippen LogP contribution in [0.1, 0.15) is 48.6 Å². The molecule has 0 spiro atoms. The van der Waals surface area contributed by atoms with Gasteiger partial charge in [0.05, 0.1) is 11.4 Å². The summed E-state index contributed by atoms with van der Waals surface area (Å²) in [5, 5.41) is 4.47. The van der Waals surface area contributed by atoms with Crippen molar-refractivity contribution < 1.29 is 4.79 Å². The van der Waals surface area contributed by atoms with E-state index in [4.69, 9.17) is 0 Å². The van der Waals surface area contributed by atoms with E-state index in [9.17, 15) is 4.79 Å². The summed E-state index contributed by atoms with van der Waals surface area (Å²) in [7, 11) is 1.85. The first-order valence-electron chi connectivity index (χ1n) is 8.93. The van der Waals surface area contributed by atoms with Crippen LogP contribution < -0.4 is 0 Å². The van der Waals surface area contributed by atoms with Crippen LogP contribution in [0, 0.1) is 0 Å². The second kappa shape index (κ2) is 7.35. The summed E-state index contributed by atoms with van der Waals surface area (Å²) in [6.07, 6.45) is 1.83. The third-order valence-electron chi connectivity index (χ3n) is 4.79. The van der Waals surface area contributed by atoms with E-state index < -0.39 is 0 Å². The molecule has 0 N–H and O–H groups in total. The average Bonchev–Trinajstić information content (AvgIpc) is 2.97. The van der Waals surface area contributed by atoms with Crippen LogP contribution in [-0.4, -0.2) is 56.1 Å². The molecule has 1 fully saturated rings. The zero-order chi connectivity index (χ0) is 18.0. The minimum absolute atomic E-state index is 0.0758. The molecule has 3 rings (SSSR count). The molecule has 0 aromatic carbocycles. The van der Waals surface area contributed by atoms with Gasteiger partial charge in [-0.1, -0.05) is 19.9 Å². The van der Waals surface area contributed by atoms with Gasteiger partial charge in [-0.15, -0.1) is 0 Å². The summed E-state index contributed by atoms with van der Waals surface area (Å²) in [6, 6.07) is 8.09. The maximum absolute atomic E-state index is 13.0. The number of pyridine rings is 1. The van der Waals surface area contributed by atoms with Crippen molar-refractivity contribution >= 4 is 5.91 Å². The largest absolute Gasteiger partial charge is 0.332 e. The molecule has 25 heavy (non-hydrogen) atoms. The first kappa shape index (κ1) is 17.6. The molecule has 0 saturated carbocycles. The van der Waals surface area contributed by atoms with Crippen LogP contribution >= 0.6 is 0 Å². The fourth-order valence-corrected chi connectivity index (χ4v) is 3.32. The summed E-state index contributed by atoms with van der Waals surface area (Å²) in [4.78, 5) is 21.7. The summed E-state index contributed by atoms with van der Waals surface area (Å²) < 4.78 is 1.71. The Kier molecular flexibility index (Phi) is 5.18. The maximum Gasteiger partial charge on any atom is 0.272 e. The smallest absolute Gasteiger partial charge is 0.272 e. The average molecular weight is 341 g/mol. The number of hydrogen-bond donors (Lipinski definition) is 0. The molecule has 1 atom stereocenters. The minimum Gasteiger partial charge on any atom is -0.332 e. The van der Waals surface area contributed by atoms with E-state index in [2.05, 4.69) is 35.8 Å². The molecule has 0 radical (unpaired) electrons. The fraction of sp³-hybridized carbons (Fsp3) is 0.526. The molecule has 0 aliphatic carbocycles. The molecule has 1 amide bonds. The van der Waals surface area contributed by atoms with Gasteiger partial charge in [0, 0.05) is 45.5 Å². The number of carbonyl (C=O) groups is 1. The van der Waals surface area contributed by atoms with Gasteiger partial charge in [0.2, 0.25) is 0 Å². The molecule has 3 heterocycles. The second-order valence-corrected chi connectivity index (χ2v) is 7.14. The molecule has 1 aliphatic heterocycles. The maximum atomic E-state index is 13.0. The van der Waals surface area contributed by atoms with Crippen molar-refractivity contribution in [3.8, 4) is 0 Å². The third kappa shape index (κ3) is 3.90. The van der Waals surface area contributed by atoms with E-state index in [1.54, 1.807) is 4.68 Å². The molecule has 1 aliphatic rings. The number of hydrogen-bond acceptors (Lipinski definition) is 4. The molecule has 1 unspecified atom stereocenters. The standard InChI is InChI=1S/C19H27N5O/c1-14(2)17-11-18(22(4)21-17)19(25)24-10-9-23(12-15(24)3)13-16-7-5-6-8-20-16/h5-8,11,14-15H,9-10,12-13H2,1-4H3. The number of nitrogens with zero attached hydrogens (tertiary/aromatic N) is 5. The highest BCUT2D eigenvalue weighted by Gasteiger charge is 2.30. The zero-order valence-electron chi connectivity index (χ0n) is 15.5. The van der Waals surface area contributed by atoms with Crippen LogP contribution in [0.25, 0.3) is 0 Å². The van der Waals surface area contributed by atoms with E-state index in [0.717, 1.165) is 37.6 Å². The summed E-state index contributed by atoms with van der Waals surface area (Å²) in [5.74, 6) is 0.396. The highest BCUT2D eigenvalue weighted by molar-refractivity contribution is 5.93. The van der Waals surface area contributed by atoms with Crippen molar-refractivity contribution in [3.05, 3.63) is 47.5 Å². The summed E-state index contributed by atoms with van der Waals surface area (Å²) in [6.45, 7) is 9.58. The van der Waals surface area contributed by atoms with Crippen molar-refractivity contribution in [1.29, 1.82) is 0 Å². The van der Waals surface area contributed by atoms with Gasteiger partial charge in [-0.05, 0) is 31.0 Å². The van der Waals surface area contributed by atoms with Gasteiger partial charge >= 0.3 is 0 Å². The lowest BCUT2D eigenvalue weighted by Crippen LogP contribution is -2.53. The van der Waals surface area contributed by atoms with Gasteiger partial charge in [0.25, 0.3) is 5.91 Å². The van der Waals surface area contributed by atoms with Gasteiger partial charge in [0.15, 0.2) is 0 Å². The monoisotopic (exact) mass is 341 g/mol. The molecule has 2 aromatic rings. The minimum atomic E-state index is 0.0758. The number of aromatic nitrogens is 3. The Hall–Kier alpha value is -2.21. The Morgan fingerprint density at radius 3 is 2.72 bits per heavy atom. The molecule has 2 aromatic heterocycles. The normalized spacial score (nSPS) is 18.8. The molecular formula is C19H27N5O. The van der Waals surface area contributed by atoms with Crippen LogP contribution in [0.4, 0.5) is 0 Å². The molecule has 1 saturated heterocycles. The highest BCUT2D eigenvalue weighted by atomic mass is 16.2. The fourth-order valence-electron chi connectivity index (χ4n) is 3.32. The Morgan fingerprint density at radius 2 is 2.12 bits per heavy atom. The van der Waals surface area contributed by atoms with Gasteiger partial charge in [0.1, 0.15) is 5.69 Å². The Balaban J connectivity index is 1.66. The third-order valence-corrected chi connectivity index (χ3v) is 4.79. The van der Waals surface area contributed by atoms with Gasteiger partial charge in [-0.2, -0.15) is 5.10 Å². The van der Waals surface area contributed by atoms with Crippen LogP contribution in [0.3, 0.4) is 0 Å². The van der Waals surface area contributed by atoms with E-state index in [1.807, 2.05) is 42.4 Å². The van der Waals surface area contributed by atoms with Gasteiger partial charge in [-0.3, -0.25) is 19.4 Å². The van der Waals surface area contributed by atoms with Crippen LogP contribution in [-0.2, 0) is 13.6 Å². The van der Waals surface area contributed by atoms with Gasteiger partial charge < -0.3 is 4.90 Å². The van der Waals surface area contributed by atoms with E-state index >= 15 is 0 Å². The van der Waals surface area contributed by atoms with Crippen molar-refractivity contribution in [1.82, 2.24) is 24.6 Å². The van der Waals surface area contributed by atoms with E-state index in [0.29, 0.717) is 11.6 Å². The molecule has 6 heteroatoms. The Morgan fingerprint density at radius 1 is 1.32 bits per heavy atom. The van der Waals surface area contributed by atoms with Crippen molar-refractivity contribution in [3.63, 3.8) is 0 Å². The molecule has 0 bridgehead atoms. The van der Waals surface area contributed by atoms with Crippen LogP contribution in [0.5, 0.6) is 0 Å². The lowest BCUT2D eigenvalue weighted by Gasteiger charge is -2.39. The lowest BCUT2D eigenvalue weighted by atomic mass is 10.1. The summed E-state index contributed by atoms with van der Waals surface area (Å²) >= 11 is 0. The molecular weight excluding hydrogens is 314 g/mol. The predicted octanol–water partition coefficient (Wildman–Crippen LogP) is 2.29. The first-order valence-corrected chi connectivity index (χ1v) is 8.93. The Bertz CT molecular complexity index is 725. The molecule has 134 valence electrons. The van der Waals surface area contributed by atoms with Crippen molar-refractivity contribution in [2.45, 2.75) is 39.3 Å². The quantitative estimate of drug-likeness (QED) is 0.856. The second-order valence-electron chi connectivity index (χ2n) is 7.14. The predicted molar refractivity (Wildman–Crippen MR) is 97.3 cm³/mol.